The molecule has 0 saturated carbocycles. The van der Waals surface area contributed by atoms with Gasteiger partial charge in [-0.05, 0) is 36.8 Å². The molecule has 7 heteroatoms. The Hall–Kier alpha value is -3.92. The van der Waals surface area contributed by atoms with Gasteiger partial charge in [-0.15, -0.1) is 0 Å². The van der Waals surface area contributed by atoms with Crippen molar-refractivity contribution in [2.24, 2.45) is 0 Å². The first-order chi connectivity index (χ1) is 12.5. The standard InChI is InChI=1S/C19H14N4O3/c1-12-5-4-7-14(9-12)23-17(25)10-16(24)18(22-23)19(26)21-15-8-3-2-6-13(15)11-20/h2-10,24H,1H3,(H,21,26). The van der Waals surface area contributed by atoms with Crippen molar-refractivity contribution < 1.29 is 9.90 Å². The fourth-order valence-electron chi connectivity index (χ4n) is 2.42. The van der Waals surface area contributed by atoms with Gasteiger partial charge < -0.3 is 10.4 Å². The number of benzene rings is 2. The molecule has 3 rings (SSSR count). The third-order valence-electron chi connectivity index (χ3n) is 3.67. The van der Waals surface area contributed by atoms with E-state index in [-0.39, 0.29) is 16.9 Å². The minimum Gasteiger partial charge on any atom is -0.505 e. The average Bonchev–Trinajstić information content (AvgIpc) is 2.62. The minimum atomic E-state index is -0.730. The van der Waals surface area contributed by atoms with E-state index in [1.54, 1.807) is 42.5 Å². The molecule has 0 fully saturated rings. The summed E-state index contributed by atoms with van der Waals surface area (Å²) in [6.07, 6.45) is 0. The zero-order chi connectivity index (χ0) is 18.7. The van der Waals surface area contributed by atoms with Crippen molar-refractivity contribution in [2.75, 3.05) is 5.32 Å². The monoisotopic (exact) mass is 346 g/mol. The van der Waals surface area contributed by atoms with Gasteiger partial charge in [-0.1, -0.05) is 24.3 Å². The van der Waals surface area contributed by atoms with Crippen molar-refractivity contribution in [2.45, 2.75) is 6.92 Å². The van der Waals surface area contributed by atoms with E-state index in [1.165, 1.54) is 0 Å². The second-order valence-corrected chi connectivity index (χ2v) is 5.58. The van der Waals surface area contributed by atoms with Gasteiger partial charge in [0.15, 0.2) is 11.4 Å². The number of nitrogens with one attached hydrogen (secondary N) is 1. The van der Waals surface area contributed by atoms with E-state index in [0.29, 0.717) is 5.69 Å². The summed E-state index contributed by atoms with van der Waals surface area (Å²) in [4.78, 5) is 24.7. The smallest absolute Gasteiger partial charge is 0.280 e. The minimum absolute atomic E-state index is 0.271. The average molecular weight is 346 g/mol. The maximum absolute atomic E-state index is 12.5. The van der Waals surface area contributed by atoms with Crippen LogP contribution in [0, 0.1) is 18.3 Å². The van der Waals surface area contributed by atoms with Gasteiger partial charge in [-0.2, -0.15) is 15.0 Å². The second-order valence-electron chi connectivity index (χ2n) is 5.58. The Balaban J connectivity index is 2.03. The molecule has 0 spiro atoms. The molecule has 0 aliphatic rings. The number of aromatic nitrogens is 2. The SMILES string of the molecule is Cc1cccc(-n2nc(C(=O)Nc3ccccc3C#N)c(O)cc2=O)c1. The zero-order valence-electron chi connectivity index (χ0n) is 13.8. The largest absolute Gasteiger partial charge is 0.505 e. The summed E-state index contributed by atoms with van der Waals surface area (Å²) in [7, 11) is 0. The Morgan fingerprint density at radius 1 is 1.19 bits per heavy atom. The van der Waals surface area contributed by atoms with Crippen molar-refractivity contribution in [1.29, 1.82) is 5.26 Å². The van der Waals surface area contributed by atoms with E-state index < -0.39 is 17.2 Å². The first-order valence-electron chi connectivity index (χ1n) is 7.70. The molecule has 26 heavy (non-hydrogen) atoms. The molecule has 0 atom stereocenters. The number of aromatic hydroxyl groups is 1. The van der Waals surface area contributed by atoms with Crippen molar-refractivity contribution in [1.82, 2.24) is 9.78 Å². The highest BCUT2D eigenvalue weighted by Gasteiger charge is 2.18. The van der Waals surface area contributed by atoms with Gasteiger partial charge in [0.1, 0.15) is 6.07 Å². The predicted octanol–water partition coefficient (Wildman–Crippen LogP) is 2.37. The summed E-state index contributed by atoms with van der Waals surface area (Å²) in [6.45, 7) is 1.86. The second kappa shape index (κ2) is 6.91. The summed E-state index contributed by atoms with van der Waals surface area (Å²) < 4.78 is 1.04. The number of anilines is 1. The fourth-order valence-corrected chi connectivity index (χ4v) is 2.42. The highest BCUT2D eigenvalue weighted by molar-refractivity contribution is 6.05. The summed E-state index contributed by atoms with van der Waals surface area (Å²) in [5.74, 6) is -1.27. The van der Waals surface area contributed by atoms with Gasteiger partial charge in [-0.3, -0.25) is 9.59 Å². The van der Waals surface area contributed by atoms with Gasteiger partial charge in [0.2, 0.25) is 0 Å². The van der Waals surface area contributed by atoms with Crippen LogP contribution in [0.3, 0.4) is 0 Å². The van der Waals surface area contributed by atoms with Gasteiger partial charge in [0.25, 0.3) is 11.5 Å². The first kappa shape index (κ1) is 16.9. The maximum Gasteiger partial charge on any atom is 0.280 e. The molecule has 0 radical (unpaired) electrons. The van der Waals surface area contributed by atoms with Crippen LogP contribution in [0.15, 0.2) is 59.4 Å². The topological polar surface area (TPSA) is 108 Å². The molecular formula is C19H14N4O3. The lowest BCUT2D eigenvalue weighted by atomic mass is 10.2. The Bertz CT molecular complexity index is 1100. The number of carbonyl (C=O) groups is 1. The van der Waals surface area contributed by atoms with Crippen molar-refractivity contribution in [3.05, 3.63) is 81.8 Å². The van der Waals surface area contributed by atoms with Crippen LogP contribution in [-0.4, -0.2) is 20.8 Å². The number of rotatable bonds is 3. The van der Waals surface area contributed by atoms with E-state index >= 15 is 0 Å². The van der Waals surface area contributed by atoms with E-state index in [2.05, 4.69) is 10.4 Å². The van der Waals surface area contributed by atoms with Crippen LogP contribution in [0.1, 0.15) is 21.6 Å². The Morgan fingerprint density at radius 2 is 1.96 bits per heavy atom. The van der Waals surface area contributed by atoms with E-state index in [9.17, 15) is 14.7 Å². The molecule has 0 aliphatic carbocycles. The predicted molar refractivity (Wildman–Crippen MR) is 95.3 cm³/mol. The molecular weight excluding hydrogens is 332 g/mol. The molecule has 0 aliphatic heterocycles. The first-order valence-corrected chi connectivity index (χ1v) is 7.70. The lowest BCUT2D eigenvalue weighted by molar-refractivity contribution is 0.101. The number of para-hydroxylation sites is 1. The molecule has 2 aromatic carbocycles. The van der Waals surface area contributed by atoms with Crippen LogP contribution in [0.4, 0.5) is 5.69 Å². The van der Waals surface area contributed by atoms with Gasteiger partial charge in [0.05, 0.1) is 16.9 Å². The molecule has 1 amide bonds. The Morgan fingerprint density at radius 3 is 2.69 bits per heavy atom. The summed E-state index contributed by atoms with van der Waals surface area (Å²) in [5, 5.41) is 25.6. The van der Waals surface area contributed by atoms with Gasteiger partial charge >= 0.3 is 0 Å². The quantitative estimate of drug-likeness (QED) is 0.757. The number of nitrogens with zero attached hydrogens (tertiary/aromatic N) is 3. The molecule has 7 nitrogen and oxygen atoms in total. The van der Waals surface area contributed by atoms with Crippen molar-refractivity contribution >= 4 is 11.6 Å². The number of nitriles is 1. The highest BCUT2D eigenvalue weighted by Crippen LogP contribution is 2.18. The van der Waals surface area contributed by atoms with E-state index in [4.69, 9.17) is 5.26 Å². The number of amides is 1. The van der Waals surface area contributed by atoms with Crippen LogP contribution in [0.5, 0.6) is 5.75 Å². The molecule has 2 N–H and O–H groups in total. The van der Waals surface area contributed by atoms with Gasteiger partial charge in [0, 0.05) is 6.07 Å². The lowest BCUT2D eigenvalue weighted by Gasteiger charge is -2.10. The lowest BCUT2D eigenvalue weighted by Crippen LogP contribution is -2.25. The Labute approximate surface area is 148 Å². The number of hydrogen-bond acceptors (Lipinski definition) is 5. The zero-order valence-corrected chi connectivity index (χ0v) is 13.8. The molecule has 1 aromatic heterocycles. The van der Waals surface area contributed by atoms with Crippen LogP contribution in [0.2, 0.25) is 0 Å². The van der Waals surface area contributed by atoms with Crippen LogP contribution < -0.4 is 10.9 Å². The summed E-state index contributed by atoms with van der Waals surface area (Å²) in [6, 6.07) is 16.4. The van der Waals surface area contributed by atoms with Crippen LogP contribution in [-0.2, 0) is 0 Å². The molecule has 128 valence electrons. The third-order valence-corrected chi connectivity index (χ3v) is 3.67. The normalized spacial score (nSPS) is 10.2. The third kappa shape index (κ3) is 3.30. The number of aryl methyl sites for hydroxylation is 1. The van der Waals surface area contributed by atoms with Crippen LogP contribution >= 0.6 is 0 Å². The molecule has 0 bridgehead atoms. The van der Waals surface area contributed by atoms with Gasteiger partial charge in [-0.25, -0.2) is 0 Å². The van der Waals surface area contributed by atoms with E-state index in [1.807, 2.05) is 19.1 Å². The highest BCUT2D eigenvalue weighted by atomic mass is 16.3. The summed E-state index contributed by atoms with van der Waals surface area (Å²) >= 11 is 0. The molecule has 0 saturated heterocycles. The Kier molecular flexibility index (Phi) is 4.50. The van der Waals surface area contributed by atoms with Crippen LogP contribution in [0.25, 0.3) is 5.69 Å². The van der Waals surface area contributed by atoms with Crippen molar-refractivity contribution in [3.63, 3.8) is 0 Å². The fraction of sp³-hybridized carbons (Fsp3) is 0.0526. The molecule has 3 aromatic rings. The number of carbonyl (C=O) groups excluding carboxylic acids is 1. The summed E-state index contributed by atoms with van der Waals surface area (Å²) in [5.41, 5.74) is 1.06. The molecule has 1 heterocycles. The molecule has 0 unspecified atom stereocenters. The number of hydrogen-bond donors (Lipinski definition) is 2. The maximum atomic E-state index is 12.5. The van der Waals surface area contributed by atoms with Crippen molar-refractivity contribution in [3.8, 4) is 17.5 Å². The van der Waals surface area contributed by atoms with E-state index in [0.717, 1.165) is 16.3 Å².